The zero-order valence-electron chi connectivity index (χ0n) is 16.3. The van der Waals surface area contributed by atoms with Crippen molar-refractivity contribution in [3.8, 4) is 0 Å². The van der Waals surface area contributed by atoms with Gasteiger partial charge in [-0.15, -0.1) is 5.73 Å². The summed E-state index contributed by atoms with van der Waals surface area (Å²) < 4.78 is 55.3. The Balaban J connectivity index is 1.74. The molecule has 6 nitrogen and oxygen atoms in total. The van der Waals surface area contributed by atoms with Gasteiger partial charge in [0, 0.05) is 37.1 Å². The normalized spacial score (nSPS) is 13.6. The highest BCUT2D eigenvalue weighted by Crippen LogP contribution is 2.23. The summed E-state index contributed by atoms with van der Waals surface area (Å²) in [5.74, 6) is -4.62. The van der Waals surface area contributed by atoms with Crippen LogP contribution in [0.1, 0.15) is 24.4 Å². The van der Waals surface area contributed by atoms with E-state index in [4.69, 9.17) is 0 Å². The number of fused-ring (bicyclic) bond motifs is 1. The number of hydrogen-bond donors (Lipinski definition) is 2. The zero-order valence-corrected chi connectivity index (χ0v) is 16.3. The van der Waals surface area contributed by atoms with Crippen molar-refractivity contribution in [2.75, 3.05) is 0 Å². The maximum Gasteiger partial charge on any atom is 0.329 e. The molecule has 3 aromatic rings. The highest BCUT2D eigenvalue weighted by Gasteiger charge is 2.27. The third-order valence-electron chi connectivity index (χ3n) is 5.13. The predicted molar refractivity (Wildman–Crippen MR) is 107 cm³/mol. The number of nitrogens with one attached hydrogen (secondary N) is 2. The first-order chi connectivity index (χ1) is 15.2. The molecule has 0 saturated carbocycles. The Morgan fingerprint density at radius 2 is 1.81 bits per heavy atom. The quantitative estimate of drug-likeness (QED) is 0.452. The lowest BCUT2D eigenvalue weighted by Gasteiger charge is -2.21. The Hall–Kier alpha value is -3.91. The van der Waals surface area contributed by atoms with Crippen LogP contribution in [0.25, 0.3) is 10.9 Å². The Bertz CT molecular complexity index is 1430. The van der Waals surface area contributed by atoms with Gasteiger partial charge in [-0.05, 0) is 23.8 Å². The van der Waals surface area contributed by atoms with Gasteiger partial charge in [0.15, 0.2) is 5.82 Å². The van der Waals surface area contributed by atoms with Gasteiger partial charge < -0.3 is 10.3 Å². The molecule has 1 aromatic heterocycles. The van der Waals surface area contributed by atoms with E-state index in [1.54, 1.807) is 6.08 Å². The molecule has 4 rings (SSSR count). The smallest absolute Gasteiger partial charge is 0.329 e. The molecular weight excluding hydrogens is 430 g/mol. The number of aromatic amines is 1. The van der Waals surface area contributed by atoms with Gasteiger partial charge in [0.25, 0.3) is 5.56 Å². The van der Waals surface area contributed by atoms with Crippen LogP contribution in [0.5, 0.6) is 0 Å². The average Bonchev–Trinajstić information content (AvgIpc) is 2.69. The van der Waals surface area contributed by atoms with Crippen LogP contribution in [-0.2, 0) is 11.3 Å². The first-order valence-electron chi connectivity index (χ1n) is 9.52. The Kier molecular flexibility index (Phi) is 5.54. The molecule has 1 aliphatic carbocycles. The van der Waals surface area contributed by atoms with Crippen molar-refractivity contribution in [2.24, 2.45) is 0 Å². The topological polar surface area (TPSA) is 84.0 Å². The minimum absolute atomic E-state index is 0.00911. The first kappa shape index (κ1) is 21.3. The summed E-state index contributed by atoms with van der Waals surface area (Å²) in [6.07, 6.45) is 2.11. The minimum Gasteiger partial charge on any atom is -0.350 e. The average molecular weight is 445 g/mol. The van der Waals surface area contributed by atoms with E-state index in [9.17, 15) is 31.9 Å². The number of nitrogens with zero attached hydrogens (tertiary/aromatic N) is 1. The standard InChI is InChI=1S/C22H15F4N3O3/c23-13-5-4-12(16(25)8-13)10-27-20(30)18(6-11-2-1-3-11)29-21(31)15-7-14(24)9-17(26)19(15)28-22(29)32/h1,4-5,7-9,18H,2,6,10H2,(H,27,30)(H,28,32)/t18-/m1/s1. The monoisotopic (exact) mass is 445 g/mol. The third kappa shape index (κ3) is 4.00. The van der Waals surface area contributed by atoms with Crippen LogP contribution in [0.2, 0.25) is 0 Å². The van der Waals surface area contributed by atoms with Crippen molar-refractivity contribution in [1.82, 2.24) is 14.9 Å². The van der Waals surface area contributed by atoms with Crippen LogP contribution >= 0.6 is 0 Å². The largest absolute Gasteiger partial charge is 0.350 e. The Labute approximate surface area is 177 Å². The number of rotatable bonds is 6. The molecule has 0 bridgehead atoms. The summed E-state index contributed by atoms with van der Waals surface area (Å²) in [5.41, 5.74) is 0.886. The van der Waals surface area contributed by atoms with Crippen molar-refractivity contribution in [1.29, 1.82) is 0 Å². The van der Waals surface area contributed by atoms with E-state index in [1.807, 2.05) is 0 Å². The number of amides is 1. The van der Waals surface area contributed by atoms with Crippen molar-refractivity contribution in [3.05, 3.63) is 97.4 Å². The summed E-state index contributed by atoms with van der Waals surface area (Å²) in [6, 6.07) is 2.73. The van der Waals surface area contributed by atoms with Gasteiger partial charge in [0.2, 0.25) is 5.91 Å². The number of benzene rings is 2. The van der Waals surface area contributed by atoms with E-state index < -0.39 is 57.4 Å². The first-order valence-corrected chi connectivity index (χ1v) is 9.52. The molecule has 0 fully saturated rings. The molecule has 1 aliphatic rings. The summed E-state index contributed by atoms with van der Waals surface area (Å²) in [4.78, 5) is 40.7. The third-order valence-corrected chi connectivity index (χ3v) is 5.13. The lowest BCUT2D eigenvalue weighted by Crippen LogP contribution is -2.44. The molecule has 2 aromatic carbocycles. The fraction of sp³-hybridized carbons (Fsp3) is 0.182. The van der Waals surface area contributed by atoms with Crippen LogP contribution in [0.4, 0.5) is 17.6 Å². The second-order valence-corrected chi connectivity index (χ2v) is 7.25. The van der Waals surface area contributed by atoms with Crippen molar-refractivity contribution < 1.29 is 22.4 Å². The highest BCUT2D eigenvalue weighted by atomic mass is 19.1. The van der Waals surface area contributed by atoms with Gasteiger partial charge in [0.05, 0.1) is 10.9 Å². The lowest BCUT2D eigenvalue weighted by molar-refractivity contribution is -0.124. The Morgan fingerprint density at radius 1 is 1.09 bits per heavy atom. The van der Waals surface area contributed by atoms with Gasteiger partial charge >= 0.3 is 5.69 Å². The van der Waals surface area contributed by atoms with E-state index in [0.717, 1.165) is 18.2 Å². The molecule has 32 heavy (non-hydrogen) atoms. The molecule has 1 amide bonds. The molecule has 0 saturated heterocycles. The van der Waals surface area contributed by atoms with Gasteiger partial charge in [-0.2, -0.15) is 0 Å². The number of carbonyl (C=O) groups excluding carboxylic acids is 1. The Morgan fingerprint density at radius 3 is 2.47 bits per heavy atom. The molecule has 0 unspecified atom stereocenters. The van der Waals surface area contributed by atoms with Gasteiger partial charge in [-0.3, -0.25) is 9.59 Å². The van der Waals surface area contributed by atoms with Crippen LogP contribution in [-0.4, -0.2) is 15.5 Å². The van der Waals surface area contributed by atoms with E-state index in [-0.39, 0.29) is 18.5 Å². The molecule has 0 spiro atoms. The van der Waals surface area contributed by atoms with E-state index >= 15 is 0 Å². The zero-order chi connectivity index (χ0) is 23.0. The molecule has 10 heteroatoms. The van der Waals surface area contributed by atoms with Crippen LogP contribution < -0.4 is 16.6 Å². The SMILES string of the molecule is O=C(NCc1ccc(F)cc1F)[C@@H](CC1=C=CC1)n1c(=O)[nH]c2c(F)cc(F)cc2c1=O. The summed E-state index contributed by atoms with van der Waals surface area (Å²) in [5, 5.41) is 1.98. The predicted octanol–water partition coefficient (Wildman–Crippen LogP) is 2.98. The highest BCUT2D eigenvalue weighted by molar-refractivity contribution is 5.82. The molecule has 2 N–H and O–H groups in total. The summed E-state index contributed by atoms with van der Waals surface area (Å²) >= 11 is 0. The second-order valence-electron chi connectivity index (χ2n) is 7.25. The van der Waals surface area contributed by atoms with Gasteiger partial charge in [-0.25, -0.2) is 26.9 Å². The van der Waals surface area contributed by atoms with Crippen LogP contribution in [0.3, 0.4) is 0 Å². The second kappa shape index (κ2) is 8.32. The van der Waals surface area contributed by atoms with Crippen LogP contribution in [0.15, 0.2) is 57.3 Å². The van der Waals surface area contributed by atoms with E-state index in [2.05, 4.69) is 16.0 Å². The number of aromatic nitrogens is 2. The molecule has 164 valence electrons. The molecule has 1 heterocycles. The van der Waals surface area contributed by atoms with Crippen LogP contribution in [0, 0.1) is 23.3 Å². The number of hydrogen-bond acceptors (Lipinski definition) is 3. The fourth-order valence-electron chi connectivity index (χ4n) is 3.43. The van der Waals surface area contributed by atoms with Crippen molar-refractivity contribution in [3.63, 3.8) is 0 Å². The number of halogens is 4. The number of allylic oxidation sites excluding steroid dienone is 1. The number of carbonyl (C=O) groups is 1. The number of H-pyrrole nitrogens is 1. The molecule has 0 radical (unpaired) electrons. The lowest BCUT2D eigenvalue weighted by atomic mass is 9.98. The molecule has 1 atom stereocenters. The van der Waals surface area contributed by atoms with Crippen molar-refractivity contribution in [2.45, 2.75) is 25.4 Å². The van der Waals surface area contributed by atoms with Gasteiger partial charge in [-0.1, -0.05) is 6.07 Å². The van der Waals surface area contributed by atoms with E-state index in [0.29, 0.717) is 28.7 Å². The van der Waals surface area contributed by atoms with Gasteiger partial charge in [0.1, 0.15) is 23.5 Å². The maximum absolute atomic E-state index is 14.0. The molecule has 0 aliphatic heterocycles. The summed E-state index contributed by atoms with van der Waals surface area (Å²) in [7, 11) is 0. The fourth-order valence-corrected chi connectivity index (χ4v) is 3.43. The maximum atomic E-state index is 14.0. The molecular formula is C22H15F4N3O3. The van der Waals surface area contributed by atoms with Crippen molar-refractivity contribution >= 4 is 16.8 Å². The van der Waals surface area contributed by atoms with E-state index in [1.165, 1.54) is 0 Å². The summed E-state index contributed by atoms with van der Waals surface area (Å²) in [6.45, 7) is -0.334. The minimum atomic E-state index is -1.39.